The van der Waals surface area contributed by atoms with E-state index in [0.29, 0.717) is 13.3 Å². The lowest BCUT2D eigenvalue weighted by molar-refractivity contribution is 0.147. The maximum atomic E-state index is 12.3. The lowest BCUT2D eigenvalue weighted by Gasteiger charge is -2.29. The molecule has 0 bridgehead atoms. The molecule has 0 radical (unpaired) electrons. The lowest BCUT2D eigenvalue weighted by Crippen LogP contribution is -2.46. The van der Waals surface area contributed by atoms with Crippen LogP contribution in [0.15, 0.2) is 54.6 Å². The van der Waals surface area contributed by atoms with Crippen molar-refractivity contribution in [3.05, 3.63) is 54.6 Å². The Bertz CT molecular complexity index is 651. The van der Waals surface area contributed by atoms with E-state index in [0.717, 1.165) is 16.8 Å². The number of nitrogens with one attached hydrogen (secondary N) is 1. The van der Waals surface area contributed by atoms with Gasteiger partial charge in [-0.2, -0.15) is 0 Å². The highest BCUT2D eigenvalue weighted by Crippen LogP contribution is 2.24. The van der Waals surface area contributed by atoms with Gasteiger partial charge in [0.1, 0.15) is 6.73 Å². The molecule has 114 valence electrons. The van der Waals surface area contributed by atoms with Gasteiger partial charge >= 0.3 is 6.03 Å². The van der Waals surface area contributed by atoms with Gasteiger partial charge in [0.25, 0.3) is 0 Å². The van der Waals surface area contributed by atoms with Crippen molar-refractivity contribution in [1.82, 2.24) is 4.90 Å². The smallest absolute Gasteiger partial charge is 0.324 e. The first-order valence-corrected chi connectivity index (χ1v) is 7.38. The van der Waals surface area contributed by atoms with Gasteiger partial charge in [-0.25, -0.2) is 4.79 Å². The maximum Gasteiger partial charge on any atom is 0.324 e. The zero-order valence-electron chi connectivity index (χ0n) is 12.9. The van der Waals surface area contributed by atoms with E-state index in [4.69, 9.17) is 4.74 Å². The summed E-state index contributed by atoms with van der Waals surface area (Å²) in [6, 6.07) is 17.9. The van der Waals surface area contributed by atoms with Crippen molar-refractivity contribution in [2.24, 2.45) is 0 Å². The molecule has 1 aliphatic rings. The van der Waals surface area contributed by atoms with Crippen LogP contribution in [0.1, 0.15) is 13.8 Å². The Labute approximate surface area is 130 Å². The molecule has 2 aromatic carbocycles. The van der Waals surface area contributed by atoms with Gasteiger partial charge < -0.3 is 10.1 Å². The van der Waals surface area contributed by atoms with Gasteiger partial charge in [-0.1, -0.05) is 42.5 Å². The predicted molar refractivity (Wildman–Crippen MR) is 87.6 cm³/mol. The number of hydrogen-bond donors (Lipinski definition) is 1. The van der Waals surface area contributed by atoms with Crippen molar-refractivity contribution in [2.45, 2.75) is 19.4 Å². The summed E-state index contributed by atoms with van der Waals surface area (Å²) in [6.07, 6.45) is 0. The van der Waals surface area contributed by atoms with Crippen molar-refractivity contribution >= 4 is 11.7 Å². The van der Waals surface area contributed by atoms with Gasteiger partial charge in [-0.05, 0) is 37.1 Å². The van der Waals surface area contributed by atoms with Crippen LogP contribution in [0.4, 0.5) is 10.5 Å². The third-order valence-electron chi connectivity index (χ3n) is 3.89. The first-order chi connectivity index (χ1) is 10.6. The summed E-state index contributed by atoms with van der Waals surface area (Å²) in [7, 11) is 0. The molecule has 0 atom stereocenters. The summed E-state index contributed by atoms with van der Waals surface area (Å²) >= 11 is 0. The van der Waals surface area contributed by atoms with Crippen molar-refractivity contribution < 1.29 is 9.53 Å². The number of hydrogen-bond acceptors (Lipinski definition) is 2. The number of ether oxygens (including phenoxy) is 1. The van der Waals surface area contributed by atoms with Gasteiger partial charge in [0.2, 0.25) is 0 Å². The van der Waals surface area contributed by atoms with E-state index in [9.17, 15) is 4.79 Å². The highest BCUT2D eigenvalue weighted by Gasteiger charge is 2.36. The standard InChI is InChI=1S/C18H20N2O2/c1-18(2)12-22-13-20(18)17(21)19-16-10-8-15(9-11-16)14-6-4-3-5-7-14/h3-11H,12-13H2,1-2H3,(H,19,21). The summed E-state index contributed by atoms with van der Waals surface area (Å²) in [6.45, 7) is 4.89. The van der Waals surface area contributed by atoms with Crippen LogP contribution in [0.5, 0.6) is 0 Å². The normalized spacial score (nSPS) is 16.5. The van der Waals surface area contributed by atoms with Gasteiger partial charge in [-0.15, -0.1) is 0 Å². The highest BCUT2D eigenvalue weighted by molar-refractivity contribution is 5.90. The van der Waals surface area contributed by atoms with Crippen LogP contribution in [0, 0.1) is 0 Å². The minimum Gasteiger partial charge on any atom is -0.359 e. The van der Waals surface area contributed by atoms with Crippen LogP contribution in [0.25, 0.3) is 11.1 Å². The first kappa shape index (κ1) is 14.6. The van der Waals surface area contributed by atoms with Gasteiger partial charge in [0, 0.05) is 5.69 Å². The molecule has 1 N–H and O–H groups in total. The minimum atomic E-state index is -0.270. The third-order valence-corrected chi connectivity index (χ3v) is 3.89. The number of benzene rings is 2. The summed E-state index contributed by atoms with van der Waals surface area (Å²) in [4.78, 5) is 14.0. The van der Waals surface area contributed by atoms with Crippen molar-refractivity contribution in [3.63, 3.8) is 0 Å². The van der Waals surface area contributed by atoms with E-state index in [1.807, 2.05) is 56.3 Å². The van der Waals surface area contributed by atoms with Crippen LogP contribution in [0.3, 0.4) is 0 Å². The van der Waals surface area contributed by atoms with Crippen LogP contribution >= 0.6 is 0 Å². The van der Waals surface area contributed by atoms with Crippen LogP contribution in [-0.2, 0) is 4.74 Å². The fourth-order valence-electron chi connectivity index (χ4n) is 2.54. The Kier molecular flexibility index (Phi) is 3.86. The molecule has 0 spiro atoms. The molecule has 0 unspecified atom stereocenters. The molecule has 4 nitrogen and oxygen atoms in total. The third kappa shape index (κ3) is 2.97. The molecule has 1 heterocycles. The van der Waals surface area contributed by atoms with Crippen molar-refractivity contribution in [1.29, 1.82) is 0 Å². The first-order valence-electron chi connectivity index (χ1n) is 7.38. The molecular weight excluding hydrogens is 276 g/mol. The molecule has 0 saturated carbocycles. The molecule has 22 heavy (non-hydrogen) atoms. The molecular formula is C18H20N2O2. The number of anilines is 1. The topological polar surface area (TPSA) is 41.6 Å². The Hall–Kier alpha value is -2.33. The summed E-state index contributed by atoms with van der Waals surface area (Å²) < 4.78 is 5.37. The lowest BCUT2D eigenvalue weighted by atomic mass is 10.1. The molecule has 3 rings (SSSR count). The van der Waals surface area contributed by atoms with Crippen LogP contribution in [-0.4, -0.2) is 29.8 Å². The second-order valence-corrected chi connectivity index (χ2v) is 6.09. The number of carbonyl (C=O) groups is 1. The molecule has 0 aromatic heterocycles. The SMILES string of the molecule is CC1(C)COCN1C(=O)Nc1ccc(-c2ccccc2)cc1. The Morgan fingerprint density at radius 1 is 1.05 bits per heavy atom. The summed E-state index contributed by atoms with van der Waals surface area (Å²) in [5, 5.41) is 2.93. The van der Waals surface area contributed by atoms with E-state index >= 15 is 0 Å². The van der Waals surface area contributed by atoms with Gasteiger partial charge in [0.15, 0.2) is 0 Å². The fraction of sp³-hybridized carbons (Fsp3) is 0.278. The fourth-order valence-corrected chi connectivity index (χ4v) is 2.54. The average molecular weight is 296 g/mol. The number of urea groups is 1. The average Bonchev–Trinajstić information content (AvgIpc) is 2.88. The predicted octanol–water partition coefficient (Wildman–Crippen LogP) is 3.95. The Morgan fingerprint density at radius 2 is 1.68 bits per heavy atom. The van der Waals surface area contributed by atoms with E-state index in [1.165, 1.54) is 0 Å². The van der Waals surface area contributed by atoms with Crippen molar-refractivity contribution in [3.8, 4) is 11.1 Å². The van der Waals surface area contributed by atoms with Gasteiger partial charge in [-0.3, -0.25) is 4.90 Å². The summed E-state index contributed by atoms with van der Waals surface area (Å²) in [5.41, 5.74) is 2.80. The number of carbonyl (C=O) groups excluding carboxylic acids is 1. The molecule has 1 fully saturated rings. The molecule has 1 saturated heterocycles. The van der Waals surface area contributed by atoms with Crippen molar-refractivity contribution in [2.75, 3.05) is 18.7 Å². The second kappa shape index (κ2) is 5.81. The van der Waals surface area contributed by atoms with E-state index in [1.54, 1.807) is 4.90 Å². The Balaban J connectivity index is 1.70. The number of nitrogens with zero attached hydrogens (tertiary/aromatic N) is 1. The quantitative estimate of drug-likeness (QED) is 0.911. The Morgan fingerprint density at radius 3 is 2.27 bits per heavy atom. The molecule has 0 aliphatic carbocycles. The maximum absolute atomic E-state index is 12.3. The zero-order valence-corrected chi connectivity index (χ0v) is 12.9. The monoisotopic (exact) mass is 296 g/mol. The zero-order chi connectivity index (χ0) is 15.6. The second-order valence-electron chi connectivity index (χ2n) is 6.09. The molecule has 2 aromatic rings. The summed E-state index contributed by atoms with van der Waals surface area (Å²) in [5.74, 6) is 0. The van der Waals surface area contributed by atoms with E-state index in [-0.39, 0.29) is 11.6 Å². The number of rotatable bonds is 2. The largest absolute Gasteiger partial charge is 0.359 e. The highest BCUT2D eigenvalue weighted by atomic mass is 16.5. The van der Waals surface area contributed by atoms with Crippen LogP contribution in [0.2, 0.25) is 0 Å². The minimum absolute atomic E-state index is 0.130. The van der Waals surface area contributed by atoms with Gasteiger partial charge in [0.05, 0.1) is 12.1 Å². The molecule has 2 amide bonds. The van der Waals surface area contributed by atoms with Crippen LogP contribution < -0.4 is 5.32 Å². The van der Waals surface area contributed by atoms with E-state index < -0.39 is 0 Å². The molecule has 1 aliphatic heterocycles. The molecule has 4 heteroatoms. The van der Waals surface area contributed by atoms with E-state index in [2.05, 4.69) is 17.4 Å². The number of amides is 2.